The van der Waals surface area contributed by atoms with Gasteiger partial charge >= 0.3 is 0 Å². The Morgan fingerprint density at radius 2 is 1.63 bits per heavy atom. The summed E-state index contributed by atoms with van der Waals surface area (Å²) in [4.78, 5) is 32.6. The van der Waals surface area contributed by atoms with E-state index in [1.54, 1.807) is 4.90 Å². The Hall–Kier alpha value is -2.66. The third kappa shape index (κ3) is 4.41. The first-order valence-electron chi connectivity index (χ1n) is 11.1. The normalized spacial score (nSPS) is 18.6. The van der Waals surface area contributed by atoms with Gasteiger partial charge in [-0.15, -0.1) is 0 Å². The molecule has 1 unspecified atom stereocenters. The van der Waals surface area contributed by atoms with Gasteiger partial charge in [-0.25, -0.2) is 0 Å². The molecule has 0 saturated carbocycles. The smallest absolute Gasteiger partial charge is 0.245 e. The molecule has 2 heterocycles. The summed E-state index contributed by atoms with van der Waals surface area (Å²) >= 11 is 0. The van der Waals surface area contributed by atoms with Gasteiger partial charge < -0.3 is 4.90 Å². The molecule has 2 aromatic rings. The van der Waals surface area contributed by atoms with E-state index in [0.29, 0.717) is 25.9 Å². The fourth-order valence-corrected chi connectivity index (χ4v) is 4.63. The van der Waals surface area contributed by atoms with Crippen molar-refractivity contribution < 1.29 is 9.59 Å². The first-order valence-corrected chi connectivity index (χ1v) is 11.1. The van der Waals surface area contributed by atoms with Crippen LogP contribution in [-0.2, 0) is 22.6 Å². The zero-order valence-electron chi connectivity index (χ0n) is 17.8. The fraction of sp³-hybridized carbons (Fsp3) is 0.440. The Labute approximate surface area is 179 Å². The Bertz CT molecular complexity index is 875. The van der Waals surface area contributed by atoms with Crippen molar-refractivity contribution in [2.75, 3.05) is 31.1 Å². The minimum absolute atomic E-state index is 0.0721. The molecule has 1 fully saturated rings. The van der Waals surface area contributed by atoms with Crippen molar-refractivity contribution in [2.45, 2.75) is 45.2 Å². The van der Waals surface area contributed by atoms with Crippen LogP contribution in [-0.4, -0.2) is 53.8 Å². The third-order valence-corrected chi connectivity index (χ3v) is 6.27. The van der Waals surface area contributed by atoms with Gasteiger partial charge in [-0.05, 0) is 36.5 Å². The Morgan fingerprint density at radius 1 is 0.933 bits per heavy atom. The van der Waals surface area contributed by atoms with Gasteiger partial charge in [0.2, 0.25) is 11.8 Å². The van der Waals surface area contributed by atoms with Crippen LogP contribution < -0.4 is 4.90 Å². The summed E-state index contributed by atoms with van der Waals surface area (Å²) < 4.78 is 0. The van der Waals surface area contributed by atoms with Gasteiger partial charge in [0.25, 0.3) is 0 Å². The largest absolute Gasteiger partial charge is 0.338 e. The van der Waals surface area contributed by atoms with Crippen LogP contribution in [0.2, 0.25) is 0 Å². The summed E-state index contributed by atoms with van der Waals surface area (Å²) in [7, 11) is 0. The number of para-hydroxylation sites is 1. The molecular weight excluding hydrogens is 374 g/mol. The molecule has 0 aromatic heterocycles. The molecule has 0 bridgehead atoms. The number of carbonyl (C=O) groups is 2. The number of rotatable bonds is 5. The van der Waals surface area contributed by atoms with Gasteiger partial charge in [-0.2, -0.15) is 0 Å². The van der Waals surface area contributed by atoms with Crippen LogP contribution in [0.4, 0.5) is 5.69 Å². The van der Waals surface area contributed by atoms with Crippen molar-refractivity contribution in [1.82, 2.24) is 9.80 Å². The van der Waals surface area contributed by atoms with E-state index in [2.05, 4.69) is 35.2 Å². The molecule has 5 heteroatoms. The quantitative estimate of drug-likeness (QED) is 0.765. The predicted octanol–water partition coefficient (Wildman–Crippen LogP) is 3.48. The minimum Gasteiger partial charge on any atom is -0.338 e. The average molecular weight is 406 g/mol. The Morgan fingerprint density at radius 3 is 2.37 bits per heavy atom. The molecule has 2 aliphatic rings. The molecule has 0 aliphatic carbocycles. The number of piperazine rings is 1. The summed E-state index contributed by atoms with van der Waals surface area (Å²) in [6.07, 6.45) is 2.86. The first kappa shape index (κ1) is 20.6. The lowest BCUT2D eigenvalue weighted by Crippen LogP contribution is -2.56. The van der Waals surface area contributed by atoms with Crippen molar-refractivity contribution in [2.24, 2.45) is 0 Å². The first-order chi connectivity index (χ1) is 14.7. The summed E-state index contributed by atoms with van der Waals surface area (Å²) in [5.41, 5.74) is 3.39. The number of hydrogen-bond donors (Lipinski definition) is 0. The highest BCUT2D eigenvalue weighted by Crippen LogP contribution is 2.30. The van der Waals surface area contributed by atoms with Crippen molar-refractivity contribution in [3.05, 3.63) is 65.7 Å². The summed E-state index contributed by atoms with van der Waals surface area (Å²) in [5.74, 6) is 0.157. The van der Waals surface area contributed by atoms with E-state index in [4.69, 9.17) is 0 Å². The molecule has 2 amide bonds. The number of aryl methyl sites for hydroxylation is 1. The topological polar surface area (TPSA) is 43.9 Å². The maximum Gasteiger partial charge on any atom is 0.245 e. The van der Waals surface area contributed by atoms with Gasteiger partial charge in [-0.3, -0.25) is 19.4 Å². The molecule has 2 aliphatic heterocycles. The van der Waals surface area contributed by atoms with Gasteiger partial charge in [-0.1, -0.05) is 55.5 Å². The molecule has 0 radical (unpaired) electrons. The third-order valence-electron chi connectivity index (χ3n) is 6.27. The van der Waals surface area contributed by atoms with E-state index in [1.807, 2.05) is 36.1 Å². The SMILES string of the molecule is CCC(C(=O)N1CCN(Cc2ccccc2)CC1)N1C(=O)CCCc2ccccc21. The summed E-state index contributed by atoms with van der Waals surface area (Å²) in [6, 6.07) is 18.1. The molecule has 30 heavy (non-hydrogen) atoms. The minimum atomic E-state index is -0.419. The van der Waals surface area contributed by atoms with E-state index in [0.717, 1.165) is 38.2 Å². The molecule has 158 valence electrons. The number of benzene rings is 2. The Kier molecular flexibility index (Phi) is 6.48. The molecule has 1 atom stereocenters. The van der Waals surface area contributed by atoms with Crippen LogP contribution in [0.15, 0.2) is 54.6 Å². The lowest BCUT2D eigenvalue weighted by Gasteiger charge is -2.39. The standard InChI is InChI=1S/C25H31N3O2/c1-2-22(28-23-13-7-6-11-21(23)12-8-14-24(28)29)25(30)27-17-15-26(16-18-27)19-20-9-4-3-5-10-20/h3-7,9-11,13,22H,2,8,12,14-19H2,1H3. The fourth-order valence-electron chi connectivity index (χ4n) is 4.63. The summed E-state index contributed by atoms with van der Waals surface area (Å²) in [6.45, 7) is 6.08. The van der Waals surface area contributed by atoms with Crippen LogP contribution in [0.5, 0.6) is 0 Å². The average Bonchev–Trinajstić information content (AvgIpc) is 2.94. The van der Waals surface area contributed by atoms with Gasteiger partial charge in [0.1, 0.15) is 6.04 Å². The molecule has 0 N–H and O–H groups in total. The van der Waals surface area contributed by atoms with Crippen molar-refractivity contribution in [3.8, 4) is 0 Å². The lowest BCUT2D eigenvalue weighted by atomic mass is 10.1. The highest BCUT2D eigenvalue weighted by atomic mass is 16.2. The molecule has 4 rings (SSSR count). The van der Waals surface area contributed by atoms with Crippen LogP contribution in [0.25, 0.3) is 0 Å². The van der Waals surface area contributed by atoms with Gasteiger partial charge in [0.05, 0.1) is 0 Å². The number of carbonyl (C=O) groups excluding carboxylic acids is 2. The van der Waals surface area contributed by atoms with Crippen molar-refractivity contribution in [3.63, 3.8) is 0 Å². The van der Waals surface area contributed by atoms with Crippen LogP contribution in [0, 0.1) is 0 Å². The maximum absolute atomic E-state index is 13.5. The number of hydrogen-bond acceptors (Lipinski definition) is 3. The van der Waals surface area contributed by atoms with Crippen LogP contribution >= 0.6 is 0 Å². The molecular formula is C25H31N3O2. The molecule has 0 spiro atoms. The number of nitrogens with zero attached hydrogens (tertiary/aromatic N) is 3. The number of amides is 2. The van der Waals surface area contributed by atoms with Gasteiger partial charge in [0, 0.05) is 44.8 Å². The highest BCUT2D eigenvalue weighted by Gasteiger charge is 2.35. The zero-order chi connectivity index (χ0) is 20.9. The maximum atomic E-state index is 13.5. The second kappa shape index (κ2) is 9.43. The lowest BCUT2D eigenvalue weighted by molar-refractivity contribution is -0.136. The van der Waals surface area contributed by atoms with E-state index >= 15 is 0 Å². The van der Waals surface area contributed by atoms with E-state index in [-0.39, 0.29) is 11.8 Å². The van der Waals surface area contributed by atoms with Crippen LogP contribution in [0.1, 0.15) is 37.3 Å². The molecule has 1 saturated heterocycles. The monoisotopic (exact) mass is 405 g/mol. The molecule has 2 aromatic carbocycles. The predicted molar refractivity (Wildman–Crippen MR) is 119 cm³/mol. The van der Waals surface area contributed by atoms with E-state index in [9.17, 15) is 9.59 Å². The van der Waals surface area contributed by atoms with E-state index in [1.165, 1.54) is 11.1 Å². The zero-order valence-corrected chi connectivity index (χ0v) is 17.8. The Balaban J connectivity index is 1.45. The number of fused-ring (bicyclic) bond motifs is 1. The molecule has 5 nitrogen and oxygen atoms in total. The highest BCUT2D eigenvalue weighted by molar-refractivity contribution is 6.01. The van der Waals surface area contributed by atoms with Gasteiger partial charge in [0.15, 0.2) is 0 Å². The second-order valence-corrected chi connectivity index (χ2v) is 8.26. The number of anilines is 1. The summed E-state index contributed by atoms with van der Waals surface area (Å²) in [5, 5.41) is 0. The van der Waals surface area contributed by atoms with E-state index < -0.39 is 6.04 Å². The van der Waals surface area contributed by atoms with Crippen molar-refractivity contribution >= 4 is 17.5 Å². The second-order valence-electron chi connectivity index (χ2n) is 8.26. The van der Waals surface area contributed by atoms with Crippen molar-refractivity contribution in [1.29, 1.82) is 0 Å². The van der Waals surface area contributed by atoms with Crippen LogP contribution in [0.3, 0.4) is 0 Å².